The average Bonchev–Trinajstić information content (AvgIpc) is 2.38. The van der Waals surface area contributed by atoms with E-state index in [0.717, 1.165) is 25.9 Å². The first-order valence-electron chi connectivity index (χ1n) is 6.67. The van der Waals surface area contributed by atoms with Gasteiger partial charge < -0.3 is 10.0 Å². The predicted molar refractivity (Wildman–Crippen MR) is 70.2 cm³/mol. The molecule has 1 fully saturated rings. The van der Waals surface area contributed by atoms with Crippen molar-refractivity contribution in [1.29, 1.82) is 0 Å². The van der Waals surface area contributed by atoms with Crippen molar-refractivity contribution in [3.05, 3.63) is 29.6 Å². The number of pyridine rings is 1. The zero-order valence-corrected chi connectivity index (χ0v) is 10.8. The minimum atomic E-state index is -1.08. The van der Waals surface area contributed by atoms with Crippen LogP contribution in [0.2, 0.25) is 0 Å². The molecule has 0 unspecified atom stereocenters. The summed E-state index contributed by atoms with van der Waals surface area (Å²) in [6.07, 6.45) is 7.00. The van der Waals surface area contributed by atoms with Crippen LogP contribution in [-0.4, -0.2) is 40.0 Å². The van der Waals surface area contributed by atoms with Crippen LogP contribution >= 0.6 is 0 Å². The smallest absolute Gasteiger partial charge is 0.354 e. The van der Waals surface area contributed by atoms with Crippen molar-refractivity contribution < 1.29 is 14.7 Å². The minimum absolute atomic E-state index is 0.0378. The van der Waals surface area contributed by atoms with Gasteiger partial charge >= 0.3 is 5.97 Å². The van der Waals surface area contributed by atoms with Gasteiger partial charge in [-0.25, -0.2) is 9.78 Å². The molecule has 2 rings (SSSR count). The van der Waals surface area contributed by atoms with Crippen LogP contribution in [0.5, 0.6) is 0 Å². The van der Waals surface area contributed by atoms with Crippen molar-refractivity contribution in [3.8, 4) is 0 Å². The fourth-order valence-electron chi connectivity index (χ4n) is 2.28. The molecule has 0 spiro atoms. The van der Waals surface area contributed by atoms with Crippen LogP contribution in [0.3, 0.4) is 0 Å². The van der Waals surface area contributed by atoms with Crippen LogP contribution in [0.4, 0.5) is 0 Å². The molecular formula is C14H18N2O3. The van der Waals surface area contributed by atoms with E-state index in [0.29, 0.717) is 5.56 Å². The highest BCUT2D eigenvalue weighted by Crippen LogP contribution is 2.13. The molecule has 19 heavy (non-hydrogen) atoms. The summed E-state index contributed by atoms with van der Waals surface area (Å²) in [5, 5.41) is 8.77. The quantitative estimate of drug-likeness (QED) is 0.886. The second kappa shape index (κ2) is 6.31. The third kappa shape index (κ3) is 3.53. The highest BCUT2D eigenvalue weighted by atomic mass is 16.4. The third-order valence-electron chi connectivity index (χ3n) is 3.37. The first-order valence-corrected chi connectivity index (χ1v) is 6.67. The Morgan fingerprint density at radius 3 is 2.21 bits per heavy atom. The molecule has 0 aliphatic carbocycles. The van der Waals surface area contributed by atoms with Crippen molar-refractivity contribution in [1.82, 2.24) is 9.88 Å². The fourth-order valence-corrected chi connectivity index (χ4v) is 2.28. The SMILES string of the molecule is O=C(O)c1ccc(C(=O)N2CCCCCCC2)cn1. The van der Waals surface area contributed by atoms with Crippen molar-refractivity contribution in [2.75, 3.05) is 13.1 Å². The van der Waals surface area contributed by atoms with Gasteiger partial charge in [0.25, 0.3) is 5.91 Å². The van der Waals surface area contributed by atoms with Crippen molar-refractivity contribution in [2.24, 2.45) is 0 Å². The zero-order valence-electron chi connectivity index (χ0n) is 10.8. The summed E-state index contributed by atoms with van der Waals surface area (Å²) in [4.78, 5) is 28.6. The van der Waals surface area contributed by atoms with Gasteiger partial charge in [0.05, 0.1) is 5.56 Å². The van der Waals surface area contributed by atoms with Crippen LogP contribution in [0.15, 0.2) is 18.3 Å². The molecule has 1 aliphatic rings. The van der Waals surface area contributed by atoms with Gasteiger partial charge in [0.1, 0.15) is 5.69 Å². The number of nitrogens with zero attached hydrogens (tertiary/aromatic N) is 2. The maximum Gasteiger partial charge on any atom is 0.354 e. The Hall–Kier alpha value is -1.91. The molecule has 0 saturated carbocycles. The molecule has 1 aromatic rings. The number of amides is 1. The number of likely N-dealkylation sites (tertiary alicyclic amines) is 1. The Bertz CT molecular complexity index is 448. The van der Waals surface area contributed by atoms with Crippen LogP contribution in [0.1, 0.15) is 53.0 Å². The highest BCUT2D eigenvalue weighted by molar-refractivity contribution is 5.94. The van der Waals surface area contributed by atoms with Gasteiger partial charge in [-0.1, -0.05) is 19.3 Å². The van der Waals surface area contributed by atoms with E-state index in [2.05, 4.69) is 4.98 Å². The summed E-state index contributed by atoms with van der Waals surface area (Å²) >= 11 is 0. The molecule has 5 heteroatoms. The lowest BCUT2D eigenvalue weighted by Gasteiger charge is -2.24. The summed E-state index contributed by atoms with van der Waals surface area (Å²) in [6, 6.07) is 2.91. The number of carboxylic acid groups (broad SMARTS) is 1. The highest BCUT2D eigenvalue weighted by Gasteiger charge is 2.17. The number of hydrogen-bond acceptors (Lipinski definition) is 3. The van der Waals surface area contributed by atoms with Gasteiger partial charge in [-0.05, 0) is 25.0 Å². The number of carboxylic acids is 1. The lowest BCUT2D eigenvalue weighted by atomic mass is 10.1. The third-order valence-corrected chi connectivity index (χ3v) is 3.37. The zero-order chi connectivity index (χ0) is 13.7. The Morgan fingerprint density at radius 2 is 1.68 bits per heavy atom. The normalized spacial score (nSPS) is 16.5. The van der Waals surface area contributed by atoms with Crippen LogP contribution in [0.25, 0.3) is 0 Å². The second-order valence-electron chi connectivity index (χ2n) is 4.80. The van der Waals surface area contributed by atoms with Gasteiger partial charge in [0.2, 0.25) is 0 Å². The van der Waals surface area contributed by atoms with E-state index < -0.39 is 5.97 Å². The minimum Gasteiger partial charge on any atom is -0.477 e. The lowest BCUT2D eigenvalue weighted by Crippen LogP contribution is -2.33. The monoisotopic (exact) mass is 262 g/mol. The van der Waals surface area contributed by atoms with E-state index in [1.165, 1.54) is 37.6 Å². The Balaban J connectivity index is 2.06. The molecule has 1 aromatic heterocycles. The summed E-state index contributed by atoms with van der Waals surface area (Å²) in [6.45, 7) is 1.55. The molecule has 0 bridgehead atoms. The average molecular weight is 262 g/mol. The summed E-state index contributed by atoms with van der Waals surface area (Å²) in [7, 11) is 0. The van der Waals surface area contributed by atoms with Crippen LogP contribution < -0.4 is 0 Å². The summed E-state index contributed by atoms with van der Waals surface area (Å²) in [5.74, 6) is -1.13. The van der Waals surface area contributed by atoms with E-state index in [9.17, 15) is 9.59 Å². The Labute approximate surface area is 112 Å². The number of carbonyl (C=O) groups is 2. The molecule has 0 radical (unpaired) electrons. The number of aromatic nitrogens is 1. The van der Waals surface area contributed by atoms with E-state index in [-0.39, 0.29) is 11.6 Å². The van der Waals surface area contributed by atoms with Gasteiger partial charge in [0, 0.05) is 19.3 Å². The van der Waals surface area contributed by atoms with Crippen molar-refractivity contribution >= 4 is 11.9 Å². The first-order chi connectivity index (χ1) is 9.18. The Kier molecular flexibility index (Phi) is 4.49. The molecule has 1 amide bonds. The van der Waals surface area contributed by atoms with Crippen LogP contribution in [0, 0.1) is 0 Å². The molecule has 0 atom stereocenters. The van der Waals surface area contributed by atoms with Gasteiger partial charge in [-0.15, -0.1) is 0 Å². The summed E-state index contributed by atoms with van der Waals surface area (Å²) in [5.41, 5.74) is 0.426. The van der Waals surface area contributed by atoms with Gasteiger partial charge in [-0.2, -0.15) is 0 Å². The van der Waals surface area contributed by atoms with Crippen LogP contribution in [-0.2, 0) is 0 Å². The van der Waals surface area contributed by atoms with E-state index in [4.69, 9.17) is 5.11 Å². The number of aromatic carboxylic acids is 1. The number of hydrogen-bond donors (Lipinski definition) is 1. The molecule has 102 valence electrons. The largest absolute Gasteiger partial charge is 0.477 e. The topological polar surface area (TPSA) is 70.5 Å². The second-order valence-corrected chi connectivity index (χ2v) is 4.80. The fraction of sp³-hybridized carbons (Fsp3) is 0.500. The number of rotatable bonds is 2. The van der Waals surface area contributed by atoms with E-state index in [1.807, 2.05) is 4.90 Å². The van der Waals surface area contributed by atoms with E-state index >= 15 is 0 Å². The van der Waals surface area contributed by atoms with Gasteiger partial charge in [0.15, 0.2) is 0 Å². The molecule has 5 nitrogen and oxygen atoms in total. The molecule has 1 N–H and O–H groups in total. The molecular weight excluding hydrogens is 244 g/mol. The summed E-state index contributed by atoms with van der Waals surface area (Å²) < 4.78 is 0. The maximum absolute atomic E-state index is 12.3. The van der Waals surface area contributed by atoms with Crippen molar-refractivity contribution in [3.63, 3.8) is 0 Å². The number of carbonyl (C=O) groups excluding carboxylic acids is 1. The molecule has 2 heterocycles. The lowest BCUT2D eigenvalue weighted by molar-refractivity contribution is 0.0686. The predicted octanol–water partition coefficient (Wildman–Crippen LogP) is 2.19. The molecule has 1 aliphatic heterocycles. The van der Waals surface area contributed by atoms with E-state index in [1.54, 1.807) is 0 Å². The Morgan fingerprint density at radius 1 is 1.05 bits per heavy atom. The standard InChI is InChI=1S/C14H18N2O3/c17-13(16-8-4-2-1-3-5-9-16)11-6-7-12(14(18)19)15-10-11/h6-7,10H,1-5,8-9H2,(H,18,19). The maximum atomic E-state index is 12.3. The van der Waals surface area contributed by atoms with Gasteiger partial charge in [-0.3, -0.25) is 4.79 Å². The first kappa shape index (κ1) is 13.5. The molecule has 1 saturated heterocycles. The van der Waals surface area contributed by atoms with Crippen molar-refractivity contribution in [2.45, 2.75) is 32.1 Å². The molecule has 0 aromatic carbocycles.